The number of pyridine rings is 2. The number of nitrogens with one attached hydrogen (secondary N) is 1. The molecule has 0 aliphatic rings. The lowest BCUT2D eigenvalue weighted by atomic mass is 10.0. The van der Waals surface area contributed by atoms with Gasteiger partial charge in [0, 0.05) is 55.8 Å². The zero-order valence-corrected chi connectivity index (χ0v) is 18.4. The molecule has 0 amide bonds. The Balaban J connectivity index is 1.98. The van der Waals surface area contributed by atoms with Crippen LogP contribution in [0.15, 0.2) is 52.4 Å². The Morgan fingerprint density at radius 1 is 1.03 bits per heavy atom. The molecule has 0 saturated heterocycles. The van der Waals surface area contributed by atoms with Crippen LogP contribution < -0.4 is 15.9 Å². The van der Waals surface area contributed by atoms with Gasteiger partial charge in [-0.25, -0.2) is 4.39 Å². The van der Waals surface area contributed by atoms with E-state index in [2.05, 4.69) is 4.98 Å². The molecule has 1 N–H and O–H groups in total. The minimum Gasteiger partial charge on any atom is -0.450 e. The first-order chi connectivity index (χ1) is 15.3. The van der Waals surface area contributed by atoms with Crippen molar-refractivity contribution in [1.82, 2.24) is 14.1 Å². The van der Waals surface area contributed by atoms with Gasteiger partial charge in [0.2, 0.25) is 5.75 Å². The third-order valence-electron chi connectivity index (χ3n) is 5.47. The van der Waals surface area contributed by atoms with Crippen LogP contribution in [0.5, 0.6) is 11.5 Å². The third kappa shape index (κ3) is 3.73. The molecular formula is C24H24FN3O4. The molecule has 0 fully saturated rings. The smallest absolute Gasteiger partial charge is 0.294 e. The Bertz CT molecular complexity index is 1410. The van der Waals surface area contributed by atoms with Gasteiger partial charge in [-0.3, -0.25) is 9.59 Å². The summed E-state index contributed by atoms with van der Waals surface area (Å²) >= 11 is 0. The summed E-state index contributed by atoms with van der Waals surface area (Å²) in [5.74, 6) is 0.150. The first-order valence-corrected chi connectivity index (χ1v) is 10.2. The van der Waals surface area contributed by atoms with E-state index in [0.717, 1.165) is 0 Å². The van der Waals surface area contributed by atoms with Crippen LogP contribution in [0, 0.1) is 19.7 Å². The second-order valence-electron chi connectivity index (χ2n) is 7.75. The normalized spacial score (nSPS) is 11.3. The molecule has 32 heavy (non-hydrogen) atoms. The highest BCUT2D eigenvalue weighted by Crippen LogP contribution is 2.36. The number of halogens is 1. The number of hydrogen-bond donors (Lipinski definition) is 1. The first-order valence-electron chi connectivity index (χ1n) is 10.2. The van der Waals surface area contributed by atoms with Crippen molar-refractivity contribution in [2.45, 2.75) is 20.4 Å². The molecule has 4 aromatic rings. The predicted octanol–water partition coefficient (Wildman–Crippen LogP) is 3.89. The van der Waals surface area contributed by atoms with Crippen LogP contribution in [0.1, 0.15) is 11.1 Å². The Hall–Kier alpha value is -3.65. The van der Waals surface area contributed by atoms with Gasteiger partial charge < -0.3 is 23.6 Å². The fourth-order valence-corrected chi connectivity index (χ4v) is 3.87. The highest BCUT2D eigenvalue weighted by atomic mass is 19.1. The fraction of sp³-hybridized carbons (Fsp3) is 0.250. The van der Waals surface area contributed by atoms with Crippen molar-refractivity contribution in [3.63, 3.8) is 0 Å². The lowest BCUT2D eigenvalue weighted by Crippen LogP contribution is -2.23. The zero-order chi connectivity index (χ0) is 23.0. The minimum atomic E-state index is -0.370. The van der Waals surface area contributed by atoms with Crippen LogP contribution in [0.4, 0.5) is 4.39 Å². The van der Waals surface area contributed by atoms with Gasteiger partial charge in [0.05, 0.1) is 6.61 Å². The largest absolute Gasteiger partial charge is 0.450 e. The fourth-order valence-electron chi connectivity index (χ4n) is 3.87. The van der Waals surface area contributed by atoms with Gasteiger partial charge >= 0.3 is 0 Å². The van der Waals surface area contributed by atoms with E-state index in [-0.39, 0.29) is 22.7 Å². The third-order valence-corrected chi connectivity index (χ3v) is 5.47. The lowest BCUT2D eigenvalue weighted by molar-refractivity contribution is 0.186. The van der Waals surface area contributed by atoms with Gasteiger partial charge in [-0.15, -0.1) is 0 Å². The monoisotopic (exact) mass is 437 g/mol. The zero-order valence-electron chi connectivity index (χ0n) is 18.4. The molecule has 0 aliphatic heterocycles. The Morgan fingerprint density at radius 2 is 1.75 bits per heavy atom. The highest BCUT2D eigenvalue weighted by Gasteiger charge is 2.20. The van der Waals surface area contributed by atoms with Crippen LogP contribution in [0.3, 0.4) is 0 Å². The second-order valence-corrected chi connectivity index (χ2v) is 7.75. The maximum absolute atomic E-state index is 13.8. The summed E-state index contributed by atoms with van der Waals surface area (Å²) in [4.78, 5) is 28.9. The van der Waals surface area contributed by atoms with Crippen LogP contribution >= 0.6 is 0 Å². The lowest BCUT2D eigenvalue weighted by Gasteiger charge is -2.17. The average Bonchev–Trinajstić information content (AvgIpc) is 3.23. The summed E-state index contributed by atoms with van der Waals surface area (Å²) in [6.45, 7) is 4.16. The van der Waals surface area contributed by atoms with Crippen molar-refractivity contribution >= 4 is 10.9 Å². The number of H-pyrrole nitrogens is 1. The number of ether oxygens (including phenoxy) is 2. The van der Waals surface area contributed by atoms with Crippen molar-refractivity contribution in [1.29, 1.82) is 0 Å². The Kier molecular flexibility index (Phi) is 5.71. The molecule has 0 bridgehead atoms. The number of nitrogens with zero attached hydrogens (tertiary/aromatic N) is 2. The molecule has 7 nitrogen and oxygen atoms in total. The van der Waals surface area contributed by atoms with Crippen LogP contribution in [-0.2, 0) is 18.3 Å². The highest BCUT2D eigenvalue weighted by molar-refractivity contribution is 5.95. The number of methoxy groups -OCH3 is 1. The van der Waals surface area contributed by atoms with E-state index in [1.165, 1.54) is 21.3 Å². The summed E-state index contributed by atoms with van der Waals surface area (Å²) in [6, 6.07) is 6.31. The molecule has 8 heteroatoms. The van der Waals surface area contributed by atoms with E-state index in [0.29, 0.717) is 52.1 Å². The minimum absolute atomic E-state index is 0.0996. The Morgan fingerprint density at radius 3 is 2.44 bits per heavy atom. The van der Waals surface area contributed by atoms with Gasteiger partial charge in [-0.2, -0.15) is 0 Å². The number of fused-ring (bicyclic) bond motifs is 1. The number of rotatable bonds is 6. The number of hydrogen-bond acceptors (Lipinski definition) is 4. The summed E-state index contributed by atoms with van der Waals surface area (Å²) < 4.78 is 28.1. The molecule has 1 aromatic carbocycles. The van der Waals surface area contributed by atoms with Crippen molar-refractivity contribution in [3.05, 3.63) is 80.5 Å². The number of aromatic nitrogens is 3. The SMILES string of the molecule is COCCn1ccc(-c2cn(C)c(=O)c3[nH]ccc23)c(Oc2c(C)cc(F)cc2C)c1=O. The van der Waals surface area contributed by atoms with E-state index < -0.39 is 0 Å². The van der Waals surface area contributed by atoms with Gasteiger partial charge in [-0.1, -0.05) is 0 Å². The van der Waals surface area contributed by atoms with E-state index in [1.807, 2.05) is 0 Å². The molecule has 166 valence electrons. The molecule has 4 rings (SSSR count). The molecule has 0 saturated carbocycles. The number of aromatic amines is 1. The van der Waals surface area contributed by atoms with Crippen molar-refractivity contribution in [2.75, 3.05) is 13.7 Å². The predicted molar refractivity (Wildman–Crippen MR) is 121 cm³/mol. The molecule has 0 spiro atoms. The Labute approximate surface area is 183 Å². The maximum atomic E-state index is 13.8. The summed E-state index contributed by atoms with van der Waals surface area (Å²) in [7, 11) is 3.22. The number of aryl methyl sites for hydroxylation is 3. The standard InChI is InChI=1S/C24H24FN3O4/c1-14-11-16(25)12-15(2)21(14)32-22-18(6-8-28(24(22)30)9-10-31-4)19-13-27(3)23(29)20-17(19)5-7-26-20/h5-8,11-13,26H,9-10H2,1-4H3. The topological polar surface area (TPSA) is 78.2 Å². The van der Waals surface area contributed by atoms with Crippen molar-refractivity contribution < 1.29 is 13.9 Å². The van der Waals surface area contributed by atoms with Gasteiger partial charge in [0.15, 0.2) is 0 Å². The molecular weight excluding hydrogens is 413 g/mol. The van der Waals surface area contributed by atoms with Gasteiger partial charge in [-0.05, 0) is 49.2 Å². The van der Waals surface area contributed by atoms with E-state index >= 15 is 0 Å². The van der Waals surface area contributed by atoms with Gasteiger partial charge in [0.25, 0.3) is 11.1 Å². The molecule has 0 radical (unpaired) electrons. The van der Waals surface area contributed by atoms with Crippen molar-refractivity contribution in [2.24, 2.45) is 7.05 Å². The molecule has 3 aromatic heterocycles. The van der Waals surface area contributed by atoms with E-state index in [1.54, 1.807) is 58.7 Å². The first kappa shape index (κ1) is 21.6. The number of benzene rings is 1. The van der Waals surface area contributed by atoms with Gasteiger partial charge in [0.1, 0.15) is 17.1 Å². The molecule has 3 heterocycles. The quantitative estimate of drug-likeness (QED) is 0.496. The molecule has 0 unspecified atom stereocenters. The van der Waals surface area contributed by atoms with Crippen LogP contribution in [0.25, 0.3) is 22.0 Å². The average molecular weight is 437 g/mol. The molecule has 0 atom stereocenters. The van der Waals surface area contributed by atoms with Crippen LogP contribution in [-0.4, -0.2) is 27.8 Å². The van der Waals surface area contributed by atoms with Crippen molar-refractivity contribution in [3.8, 4) is 22.6 Å². The summed E-state index contributed by atoms with van der Waals surface area (Å²) in [5, 5.41) is 0.680. The summed E-state index contributed by atoms with van der Waals surface area (Å²) in [6.07, 6.45) is 5.05. The van der Waals surface area contributed by atoms with E-state index in [4.69, 9.17) is 9.47 Å². The second kappa shape index (κ2) is 8.47. The molecule has 0 aliphatic carbocycles. The van der Waals surface area contributed by atoms with E-state index in [9.17, 15) is 14.0 Å². The summed E-state index contributed by atoms with van der Waals surface area (Å²) in [5.41, 5.74) is 2.28. The maximum Gasteiger partial charge on any atom is 0.294 e. The van der Waals surface area contributed by atoms with Crippen LogP contribution in [0.2, 0.25) is 0 Å².